The molecule has 1 unspecified atom stereocenters. The molecule has 0 aliphatic heterocycles. The molecule has 0 fully saturated rings. The monoisotopic (exact) mass is 412 g/mol. The van der Waals surface area contributed by atoms with Gasteiger partial charge in [-0.2, -0.15) is 0 Å². The van der Waals surface area contributed by atoms with E-state index in [1.807, 2.05) is 6.92 Å². The third-order valence-corrected chi connectivity index (χ3v) is 8.20. The van der Waals surface area contributed by atoms with Crippen molar-refractivity contribution < 1.29 is 5.11 Å². The van der Waals surface area contributed by atoms with Crippen molar-refractivity contribution >= 4 is 38.8 Å². The molecule has 3 heteroatoms. The zero-order chi connectivity index (χ0) is 15.2. The zero-order valence-electron chi connectivity index (χ0n) is 12.5. The van der Waals surface area contributed by atoms with Crippen LogP contribution >= 0.6 is 0 Å². The second-order valence-corrected chi connectivity index (χ2v) is 9.43. The van der Waals surface area contributed by atoms with Gasteiger partial charge in [0.1, 0.15) is 0 Å². The Morgan fingerprint density at radius 2 is 1.38 bits per heavy atom. The van der Waals surface area contributed by atoms with Crippen molar-refractivity contribution in [3.63, 3.8) is 0 Å². The first kappa shape index (κ1) is 16.5. The van der Waals surface area contributed by atoms with E-state index in [9.17, 15) is 5.11 Å². The quantitative estimate of drug-likeness (QED) is 0.747. The molecular weight excluding hydrogens is 390 g/mol. The van der Waals surface area contributed by atoms with E-state index in [0.29, 0.717) is 0 Å². The summed E-state index contributed by atoms with van der Waals surface area (Å²) >= 11 is 0.487. The van der Waals surface area contributed by atoms with Crippen molar-refractivity contribution in [2.24, 2.45) is 0 Å². The number of hydrogen-bond acceptors (Lipinski definition) is 1. The minimum absolute atomic E-state index is 0.203. The Balaban J connectivity index is 2.09. The fraction of sp³-hybridized carbons (Fsp3) is 0.222. The molecule has 0 aliphatic rings. The predicted molar refractivity (Wildman–Crippen MR) is 92.9 cm³/mol. The normalized spacial score (nSPS) is 13.2. The molecule has 0 spiro atoms. The molecule has 0 heterocycles. The van der Waals surface area contributed by atoms with Gasteiger partial charge in [-0.15, -0.1) is 0 Å². The summed E-state index contributed by atoms with van der Waals surface area (Å²) in [6.45, 7) is 6.07. The average Bonchev–Trinajstić information content (AvgIpc) is 2.47. The number of rotatable bonds is 5. The molecule has 2 aromatic rings. The molecule has 1 nitrogen and oxygen atoms in total. The SMILES string of the molecule is Cc1ccc([Se]/C=C(\[Se]c2ccc(C)cc2)C(C)O)cc1. The minimum atomic E-state index is -0.362. The van der Waals surface area contributed by atoms with Gasteiger partial charge in [0.15, 0.2) is 0 Å². The molecule has 110 valence electrons. The number of aryl methyl sites for hydroxylation is 2. The molecular formula is C18H20OSe2. The van der Waals surface area contributed by atoms with Crippen LogP contribution in [0.1, 0.15) is 18.1 Å². The van der Waals surface area contributed by atoms with Crippen molar-refractivity contribution in [1.82, 2.24) is 0 Å². The van der Waals surface area contributed by atoms with Crippen molar-refractivity contribution in [2.75, 3.05) is 0 Å². The Hall–Kier alpha value is -0.821. The maximum atomic E-state index is 10.0. The van der Waals surface area contributed by atoms with Crippen molar-refractivity contribution in [1.29, 1.82) is 0 Å². The number of benzene rings is 2. The van der Waals surface area contributed by atoms with Gasteiger partial charge in [-0.25, -0.2) is 0 Å². The molecule has 0 aromatic heterocycles. The van der Waals surface area contributed by atoms with E-state index >= 15 is 0 Å². The van der Waals surface area contributed by atoms with E-state index in [0.717, 1.165) is 0 Å². The van der Waals surface area contributed by atoms with Gasteiger partial charge in [0.25, 0.3) is 0 Å². The molecule has 2 rings (SSSR count). The Kier molecular flexibility index (Phi) is 6.29. The standard InChI is InChI=1S/C18H20OSe2/c1-13-4-8-16(9-5-13)20-12-18(15(3)19)21-17-10-6-14(2)7-11-17/h4-12,15,19H,1-3H3/b18-12-. The van der Waals surface area contributed by atoms with E-state index in [2.05, 4.69) is 67.4 Å². The summed E-state index contributed by atoms with van der Waals surface area (Å²) in [6.07, 6.45) is -0.362. The van der Waals surface area contributed by atoms with Crippen LogP contribution in [-0.2, 0) is 0 Å². The van der Waals surface area contributed by atoms with Gasteiger partial charge in [0.05, 0.1) is 0 Å². The fourth-order valence-corrected chi connectivity index (χ4v) is 5.90. The molecule has 2 aromatic carbocycles. The summed E-state index contributed by atoms with van der Waals surface area (Å²) in [5.41, 5.74) is 2.57. The van der Waals surface area contributed by atoms with Gasteiger partial charge < -0.3 is 0 Å². The van der Waals surface area contributed by atoms with Crippen LogP contribution in [0.25, 0.3) is 0 Å². The van der Waals surface area contributed by atoms with Crippen LogP contribution in [0.15, 0.2) is 58.0 Å². The first-order valence-corrected chi connectivity index (χ1v) is 10.5. The molecule has 21 heavy (non-hydrogen) atoms. The fourth-order valence-electron chi connectivity index (χ4n) is 1.69. The Labute approximate surface area is 139 Å². The molecule has 0 aliphatic carbocycles. The first-order chi connectivity index (χ1) is 10.0. The Bertz CT molecular complexity index is 598. The molecule has 0 bridgehead atoms. The van der Waals surface area contributed by atoms with E-state index in [4.69, 9.17) is 0 Å². The Morgan fingerprint density at radius 1 is 0.905 bits per heavy atom. The van der Waals surface area contributed by atoms with Crippen LogP contribution in [-0.4, -0.2) is 41.1 Å². The molecule has 1 atom stereocenters. The number of aliphatic hydroxyl groups excluding tert-OH is 1. The van der Waals surface area contributed by atoms with Crippen LogP contribution in [0.5, 0.6) is 0 Å². The molecule has 0 amide bonds. The molecule has 0 radical (unpaired) electrons. The van der Waals surface area contributed by atoms with Gasteiger partial charge in [-0.1, -0.05) is 0 Å². The predicted octanol–water partition coefficient (Wildman–Crippen LogP) is 1.88. The van der Waals surface area contributed by atoms with Crippen LogP contribution in [0.3, 0.4) is 0 Å². The van der Waals surface area contributed by atoms with E-state index in [1.165, 1.54) is 24.5 Å². The van der Waals surface area contributed by atoms with Crippen LogP contribution in [0.2, 0.25) is 0 Å². The van der Waals surface area contributed by atoms with E-state index in [1.54, 1.807) is 0 Å². The summed E-state index contributed by atoms with van der Waals surface area (Å²) in [6, 6.07) is 17.3. The third kappa shape index (κ3) is 5.47. The summed E-state index contributed by atoms with van der Waals surface area (Å²) in [5.74, 6) is 0. The van der Waals surface area contributed by atoms with E-state index in [-0.39, 0.29) is 36.0 Å². The van der Waals surface area contributed by atoms with Crippen molar-refractivity contribution in [2.45, 2.75) is 26.9 Å². The molecule has 0 saturated heterocycles. The topological polar surface area (TPSA) is 20.2 Å². The van der Waals surface area contributed by atoms with Crippen molar-refractivity contribution in [3.05, 3.63) is 69.1 Å². The van der Waals surface area contributed by atoms with Gasteiger partial charge in [0, 0.05) is 0 Å². The van der Waals surface area contributed by atoms with Gasteiger partial charge in [0.2, 0.25) is 0 Å². The molecule has 1 N–H and O–H groups in total. The Morgan fingerprint density at radius 3 is 1.86 bits per heavy atom. The molecule has 0 saturated carbocycles. The third-order valence-electron chi connectivity index (χ3n) is 3.00. The van der Waals surface area contributed by atoms with Gasteiger partial charge in [-0.3, -0.25) is 0 Å². The van der Waals surface area contributed by atoms with Crippen molar-refractivity contribution in [3.8, 4) is 0 Å². The van der Waals surface area contributed by atoms with Crippen LogP contribution < -0.4 is 8.92 Å². The second kappa shape index (κ2) is 7.98. The van der Waals surface area contributed by atoms with Gasteiger partial charge >= 0.3 is 140 Å². The summed E-state index contributed by atoms with van der Waals surface area (Å²) < 4.78 is 3.85. The summed E-state index contributed by atoms with van der Waals surface area (Å²) in [7, 11) is 0. The average molecular weight is 410 g/mol. The number of hydrogen-bond donors (Lipinski definition) is 1. The maximum absolute atomic E-state index is 10.0. The summed E-state index contributed by atoms with van der Waals surface area (Å²) in [4.78, 5) is 2.25. The second-order valence-electron chi connectivity index (χ2n) is 5.04. The van der Waals surface area contributed by atoms with Crippen LogP contribution in [0.4, 0.5) is 0 Å². The van der Waals surface area contributed by atoms with Gasteiger partial charge in [-0.05, 0) is 0 Å². The summed E-state index contributed by atoms with van der Waals surface area (Å²) in [5, 5.41) is 10.0. The zero-order valence-corrected chi connectivity index (χ0v) is 16.0. The van der Waals surface area contributed by atoms with E-state index < -0.39 is 0 Å². The van der Waals surface area contributed by atoms with Crippen LogP contribution in [0, 0.1) is 13.8 Å². The first-order valence-electron chi connectivity index (χ1n) is 6.90. The number of aliphatic hydroxyl groups is 1.